The van der Waals surface area contributed by atoms with E-state index in [4.69, 9.17) is 5.84 Å². The Bertz CT molecular complexity index is 117. The molecule has 2 N–H and O–H groups in total. The summed E-state index contributed by atoms with van der Waals surface area (Å²) in [6.07, 6.45) is 0. The topological polar surface area (TPSA) is 46.3 Å². The maximum Gasteiger partial charge on any atom is 0.247 e. The van der Waals surface area contributed by atoms with Crippen LogP contribution in [-0.4, -0.2) is 22.0 Å². The van der Waals surface area contributed by atoms with Crippen molar-refractivity contribution in [1.29, 1.82) is 0 Å². The normalized spacial score (nSPS) is 29.5. The molecule has 0 aromatic rings. The minimum absolute atomic E-state index is 0.0301. The van der Waals surface area contributed by atoms with Crippen molar-refractivity contribution in [2.24, 2.45) is 5.84 Å². The van der Waals surface area contributed by atoms with Gasteiger partial charge in [-0.2, -0.15) is 0 Å². The predicted octanol–water partition coefficient (Wildman–Crippen LogP) is -0.219. The Morgan fingerprint density at radius 2 is 2.62 bits per heavy atom. The molecule has 8 heavy (non-hydrogen) atoms. The molecule has 1 amide bonds. The molecule has 1 unspecified atom stereocenters. The number of nitrogens with two attached hydrogens (primary N) is 1. The van der Waals surface area contributed by atoms with Crippen LogP contribution >= 0.6 is 11.8 Å². The van der Waals surface area contributed by atoms with Gasteiger partial charge in [0, 0.05) is 0 Å². The Hall–Kier alpha value is -0.220. The SMILES string of the molecule is CC1SCC(=O)N1N. The van der Waals surface area contributed by atoms with Crippen LogP contribution in [0.5, 0.6) is 0 Å². The summed E-state index contributed by atoms with van der Waals surface area (Å²) in [6, 6.07) is 0. The number of amides is 1. The number of thioether (sulfide) groups is 1. The second kappa shape index (κ2) is 1.95. The molecule has 4 heteroatoms. The molecule has 1 atom stereocenters. The summed E-state index contributed by atoms with van der Waals surface area (Å²) in [5.41, 5.74) is 0. The van der Waals surface area contributed by atoms with Crippen LogP contribution in [-0.2, 0) is 4.79 Å². The van der Waals surface area contributed by atoms with Crippen LogP contribution in [0.1, 0.15) is 6.92 Å². The van der Waals surface area contributed by atoms with E-state index in [-0.39, 0.29) is 11.3 Å². The second-order valence-electron chi connectivity index (χ2n) is 1.71. The zero-order valence-electron chi connectivity index (χ0n) is 4.63. The molecule has 1 saturated heterocycles. The van der Waals surface area contributed by atoms with Gasteiger partial charge in [0.1, 0.15) is 0 Å². The first-order valence-electron chi connectivity index (χ1n) is 2.40. The van der Waals surface area contributed by atoms with E-state index in [0.29, 0.717) is 5.75 Å². The Kier molecular flexibility index (Phi) is 1.44. The zero-order chi connectivity index (χ0) is 6.15. The van der Waals surface area contributed by atoms with E-state index in [9.17, 15) is 4.79 Å². The molecular formula is C4H8N2OS. The first kappa shape index (κ1) is 5.91. The first-order chi connectivity index (χ1) is 3.72. The van der Waals surface area contributed by atoms with Crippen LogP contribution in [0.15, 0.2) is 0 Å². The van der Waals surface area contributed by atoms with Crippen molar-refractivity contribution >= 4 is 17.7 Å². The molecule has 1 aliphatic heterocycles. The van der Waals surface area contributed by atoms with Crippen molar-refractivity contribution in [3.05, 3.63) is 0 Å². The maximum absolute atomic E-state index is 10.6. The van der Waals surface area contributed by atoms with Crippen molar-refractivity contribution in [2.75, 3.05) is 5.75 Å². The van der Waals surface area contributed by atoms with Crippen LogP contribution < -0.4 is 5.84 Å². The molecule has 0 radical (unpaired) electrons. The monoisotopic (exact) mass is 132 g/mol. The third kappa shape index (κ3) is 0.809. The van der Waals surface area contributed by atoms with Crippen LogP contribution in [0.25, 0.3) is 0 Å². The number of nitrogens with zero attached hydrogens (tertiary/aromatic N) is 1. The summed E-state index contributed by atoms with van der Waals surface area (Å²) < 4.78 is 0. The molecule has 0 spiro atoms. The highest BCUT2D eigenvalue weighted by Gasteiger charge is 2.24. The van der Waals surface area contributed by atoms with Gasteiger partial charge in [0.25, 0.3) is 0 Å². The number of hydrogen-bond donors (Lipinski definition) is 1. The average molecular weight is 132 g/mol. The van der Waals surface area contributed by atoms with Gasteiger partial charge in [-0.3, -0.25) is 9.80 Å². The van der Waals surface area contributed by atoms with Gasteiger partial charge in [-0.05, 0) is 6.92 Å². The number of rotatable bonds is 0. The van der Waals surface area contributed by atoms with E-state index in [1.165, 1.54) is 5.01 Å². The van der Waals surface area contributed by atoms with Gasteiger partial charge in [-0.25, -0.2) is 5.84 Å². The predicted molar refractivity (Wildman–Crippen MR) is 33.0 cm³/mol. The van der Waals surface area contributed by atoms with Crippen molar-refractivity contribution in [2.45, 2.75) is 12.3 Å². The molecule has 1 heterocycles. The molecule has 0 bridgehead atoms. The fourth-order valence-electron chi connectivity index (χ4n) is 0.550. The van der Waals surface area contributed by atoms with Gasteiger partial charge >= 0.3 is 0 Å². The highest BCUT2D eigenvalue weighted by molar-refractivity contribution is 8.00. The minimum Gasteiger partial charge on any atom is -0.272 e. The standard InChI is InChI=1S/C4H8N2OS/c1-3-6(5)4(7)2-8-3/h3H,2,5H2,1H3. The molecule has 0 aromatic carbocycles. The van der Waals surface area contributed by atoms with Gasteiger partial charge in [0.15, 0.2) is 0 Å². The quantitative estimate of drug-likeness (QED) is 0.366. The maximum atomic E-state index is 10.6. The lowest BCUT2D eigenvalue weighted by molar-refractivity contribution is -0.127. The Morgan fingerprint density at radius 3 is 2.75 bits per heavy atom. The van der Waals surface area contributed by atoms with Crippen molar-refractivity contribution in [3.63, 3.8) is 0 Å². The molecular weight excluding hydrogens is 124 g/mol. The third-order valence-corrected chi connectivity index (χ3v) is 2.25. The van der Waals surface area contributed by atoms with Gasteiger partial charge in [0.05, 0.1) is 11.1 Å². The van der Waals surface area contributed by atoms with Crippen molar-refractivity contribution < 1.29 is 4.79 Å². The van der Waals surface area contributed by atoms with Gasteiger partial charge < -0.3 is 0 Å². The zero-order valence-corrected chi connectivity index (χ0v) is 5.44. The number of hydrogen-bond acceptors (Lipinski definition) is 3. The summed E-state index contributed by atoms with van der Waals surface area (Å²) in [7, 11) is 0. The van der Waals surface area contributed by atoms with Crippen LogP contribution in [0, 0.1) is 0 Å². The summed E-state index contributed by atoms with van der Waals surface area (Å²) in [5.74, 6) is 5.85. The Balaban J connectivity index is 2.56. The Labute approximate surface area is 52.2 Å². The summed E-state index contributed by atoms with van der Waals surface area (Å²) in [4.78, 5) is 10.6. The average Bonchev–Trinajstić information content (AvgIpc) is 1.98. The molecule has 0 aliphatic carbocycles. The Morgan fingerprint density at radius 1 is 2.00 bits per heavy atom. The molecule has 1 fully saturated rings. The molecule has 3 nitrogen and oxygen atoms in total. The number of hydrazine groups is 1. The van der Waals surface area contributed by atoms with E-state index in [1.54, 1.807) is 11.8 Å². The van der Waals surface area contributed by atoms with Crippen LogP contribution in [0.2, 0.25) is 0 Å². The molecule has 0 saturated carbocycles. The van der Waals surface area contributed by atoms with E-state index < -0.39 is 0 Å². The van der Waals surface area contributed by atoms with E-state index in [0.717, 1.165) is 0 Å². The number of carbonyl (C=O) groups excluding carboxylic acids is 1. The second-order valence-corrected chi connectivity index (χ2v) is 3.02. The van der Waals surface area contributed by atoms with Gasteiger partial charge in [0.2, 0.25) is 5.91 Å². The highest BCUT2D eigenvalue weighted by Crippen LogP contribution is 2.19. The van der Waals surface area contributed by atoms with Crippen LogP contribution in [0.3, 0.4) is 0 Å². The lowest BCUT2D eigenvalue weighted by Crippen LogP contribution is -2.37. The lowest BCUT2D eigenvalue weighted by atomic mass is 10.6. The first-order valence-corrected chi connectivity index (χ1v) is 3.45. The van der Waals surface area contributed by atoms with E-state index in [2.05, 4.69) is 0 Å². The summed E-state index contributed by atoms with van der Waals surface area (Å²) >= 11 is 1.56. The summed E-state index contributed by atoms with van der Waals surface area (Å²) in [5, 5.41) is 1.44. The minimum atomic E-state index is 0.0301. The fraction of sp³-hybridized carbons (Fsp3) is 0.750. The highest BCUT2D eigenvalue weighted by atomic mass is 32.2. The van der Waals surface area contributed by atoms with Crippen molar-refractivity contribution in [3.8, 4) is 0 Å². The van der Waals surface area contributed by atoms with E-state index >= 15 is 0 Å². The smallest absolute Gasteiger partial charge is 0.247 e. The van der Waals surface area contributed by atoms with E-state index in [1.807, 2.05) is 6.92 Å². The number of carbonyl (C=O) groups is 1. The molecule has 46 valence electrons. The molecule has 1 rings (SSSR count). The summed E-state index contributed by atoms with van der Waals surface area (Å²) in [6.45, 7) is 1.91. The lowest BCUT2D eigenvalue weighted by Gasteiger charge is -2.11. The fourth-order valence-corrected chi connectivity index (χ4v) is 1.36. The van der Waals surface area contributed by atoms with Gasteiger partial charge in [-0.15, -0.1) is 11.8 Å². The van der Waals surface area contributed by atoms with Crippen LogP contribution in [0.4, 0.5) is 0 Å². The van der Waals surface area contributed by atoms with Gasteiger partial charge in [-0.1, -0.05) is 0 Å². The largest absolute Gasteiger partial charge is 0.272 e. The molecule has 0 aromatic heterocycles. The van der Waals surface area contributed by atoms with Crippen molar-refractivity contribution in [1.82, 2.24) is 5.01 Å². The third-order valence-electron chi connectivity index (χ3n) is 1.13. The molecule has 1 aliphatic rings.